The Morgan fingerprint density at radius 1 is 1.23 bits per heavy atom. The quantitative estimate of drug-likeness (QED) is 0.866. The fourth-order valence-corrected chi connectivity index (χ4v) is 5.05. The summed E-state index contributed by atoms with van der Waals surface area (Å²) in [4.78, 5) is 11.0. The maximum Gasteiger partial charge on any atom is 0.227 e. The number of benzene rings is 1. The third-order valence-corrected chi connectivity index (χ3v) is 6.51. The first-order valence-corrected chi connectivity index (χ1v) is 10.7. The van der Waals surface area contributed by atoms with E-state index in [1.165, 1.54) is 5.56 Å². The molecule has 1 atom stereocenters. The van der Waals surface area contributed by atoms with E-state index in [2.05, 4.69) is 35.2 Å². The molecule has 0 amide bonds. The number of sulfone groups is 1. The van der Waals surface area contributed by atoms with Gasteiger partial charge in [-0.05, 0) is 30.9 Å². The van der Waals surface area contributed by atoms with Crippen LogP contribution >= 0.6 is 0 Å². The van der Waals surface area contributed by atoms with Crippen molar-refractivity contribution in [3.8, 4) is 0 Å². The zero-order valence-corrected chi connectivity index (χ0v) is 16.5. The fourth-order valence-electron chi connectivity index (χ4n) is 3.27. The molecule has 1 aromatic carbocycles. The number of anilines is 3. The van der Waals surface area contributed by atoms with E-state index in [-0.39, 0.29) is 17.5 Å². The molecule has 1 saturated heterocycles. The second-order valence-electron chi connectivity index (χ2n) is 7.23. The van der Waals surface area contributed by atoms with Crippen molar-refractivity contribution < 1.29 is 8.42 Å². The van der Waals surface area contributed by atoms with Crippen LogP contribution in [-0.2, 0) is 9.84 Å². The van der Waals surface area contributed by atoms with Gasteiger partial charge in [-0.3, -0.25) is 0 Å². The van der Waals surface area contributed by atoms with E-state index in [0.717, 1.165) is 11.4 Å². The maximum absolute atomic E-state index is 11.8. The molecule has 7 heteroatoms. The summed E-state index contributed by atoms with van der Waals surface area (Å²) in [6.07, 6.45) is 0.620. The van der Waals surface area contributed by atoms with Crippen LogP contribution < -0.4 is 10.2 Å². The highest BCUT2D eigenvalue weighted by Gasteiger charge is 2.31. The van der Waals surface area contributed by atoms with Gasteiger partial charge in [0, 0.05) is 30.5 Å². The van der Waals surface area contributed by atoms with Crippen molar-refractivity contribution in [3.63, 3.8) is 0 Å². The number of aryl methyl sites for hydroxylation is 1. The van der Waals surface area contributed by atoms with Gasteiger partial charge in [-0.1, -0.05) is 32.0 Å². The molecule has 2 heterocycles. The lowest BCUT2D eigenvalue weighted by Crippen LogP contribution is -2.34. The van der Waals surface area contributed by atoms with Crippen LogP contribution in [0.25, 0.3) is 0 Å². The van der Waals surface area contributed by atoms with Crippen LogP contribution in [0.2, 0.25) is 0 Å². The number of rotatable bonds is 5. The molecule has 26 heavy (non-hydrogen) atoms. The minimum absolute atomic E-state index is 0.0717. The van der Waals surface area contributed by atoms with Crippen LogP contribution in [0.5, 0.6) is 0 Å². The van der Waals surface area contributed by atoms with Gasteiger partial charge in [0.15, 0.2) is 9.84 Å². The summed E-state index contributed by atoms with van der Waals surface area (Å²) >= 11 is 0. The van der Waals surface area contributed by atoms with Crippen LogP contribution in [0.4, 0.5) is 17.5 Å². The third-order valence-electron chi connectivity index (χ3n) is 4.76. The molecule has 1 N–H and O–H groups in total. The standard InChI is InChI=1S/C19H26N4O2S/c1-13(2)16-7-5-6-8-17(16)21-18-11-14(3)20-19(22-18)23(4)15-9-10-26(24,25)12-15/h5-8,11,13,15H,9-10,12H2,1-4H3,(H,20,21,22). The van der Waals surface area contributed by atoms with Crippen LogP contribution in [0.1, 0.15) is 37.4 Å². The van der Waals surface area contributed by atoms with E-state index >= 15 is 0 Å². The van der Waals surface area contributed by atoms with Gasteiger partial charge >= 0.3 is 0 Å². The topological polar surface area (TPSA) is 75.2 Å². The molecule has 6 nitrogen and oxygen atoms in total. The Kier molecular flexibility index (Phi) is 5.18. The number of nitrogens with zero attached hydrogens (tertiary/aromatic N) is 3. The minimum Gasteiger partial charge on any atom is -0.340 e. The van der Waals surface area contributed by atoms with E-state index in [4.69, 9.17) is 0 Å². The van der Waals surface area contributed by atoms with Crippen LogP contribution in [0.3, 0.4) is 0 Å². The Morgan fingerprint density at radius 3 is 2.62 bits per heavy atom. The Morgan fingerprint density at radius 2 is 1.96 bits per heavy atom. The molecule has 1 unspecified atom stereocenters. The molecular formula is C19H26N4O2S. The highest BCUT2D eigenvalue weighted by atomic mass is 32.2. The van der Waals surface area contributed by atoms with Gasteiger partial charge in [0.1, 0.15) is 5.82 Å². The molecule has 1 aliphatic rings. The molecule has 1 fully saturated rings. The second kappa shape index (κ2) is 7.23. The van der Waals surface area contributed by atoms with Gasteiger partial charge in [-0.15, -0.1) is 0 Å². The van der Waals surface area contributed by atoms with E-state index < -0.39 is 9.84 Å². The van der Waals surface area contributed by atoms with Crippen molar-refractivity contribution in [3.05, 3.63) is 41.6 Å². The zero-order chi connectivity index (χ0) is 18.9. The summed E-state index contributed by atoms with van der Waals surface area (Å²) in [6.45, 7) is 6.24. The molecule has 0 spiro atoms. The molecule has 1 aliphatic heterocycles. The van der Waals surface area contributed by atoms with Crippen molar-refractivity contribution >= 4 is 27.3 Å². The maximum atomic E-state index is 11.8. The van der Waals surface area contributed by atoms with Crippen molar-refractivity contribution in [1.29, 1.82) is 0 Å². The van der Waals surface area contributed by atoms with Gasteiger partial charge < -0.3 is 10.2 Å². The van der Waals surface area contributed by atoms with Gasteiger partial charge in [0.25, 0.3) is 0 Å². The number of hydrogen-bond donors (Lipinski definition) is 1. The van der Waals surface area contributed by atoms with Crippen molar-refractivity contribution in [2.75, 3.05) is 28.8 Å². The van der Waals surface area contributed by atoms with E-state index in [1.807, 2.05) is 43.1 Å². The van der Waals surface area contributed by atoms with E-state index in [0.29, 0.717) is 24.1 Å². The summed E-state index contributed by atoms with van der Waals surface area (Å²) in [5, 5.41) is 3.40. The van der Waals surface area contributed by atoms with E-state index in [1.54, 1.807) is 0 Å². The SMILES string of the molecule is Cc1cc(Nc2ccccc2C(C)C)nc(N(C)C2CCS(=O)(=O)C2)n1. The molecule has 0 radical (unpaired) electrons. The normalized spacial score (nSPS) is 18.9. The van der Waals surface area contributed by atoms with Crippen LogP contribution in [0, 0.1) is 6.92 Å². The zero-order valence-electron chi connectivity index (χ0n) is 15.7. The molecule has 1 aromatic heterocycles. The Bertz CT molecular complexity index is 896. The van der Waals surface area contributed by atoms with Gasteiger partial charge in [-0.2, -0.15) is 4.98 Å². The van der Waals surface area contributed by atoms with Crippen LogP contribution in [-0.4, -0.2) is 43.0 Å². The average molecular weight is 375 g/mol. The summed E-state index contributed by atoms with van der Waals surface area (Å²) in [5.41, 5.74) is 3.09. The first-order chi connectivity index (χ1) is 12.2. The smallest absolute Gasteiger partial charge is 0.227 e. The van der Waals surface area contributed by atoms with E-state index in [9.17, 15) is 8.42 Å². The highest BCUT2D eigenvalue weighted by Crippen LogP contribution is 2.27. The lowest BCUT2D eigenvalue weighted by molar-refractivity contribution is 0.600. The number of hydrogen-bond acceptors (Lipinski definition) is 6. The lowest BCUT2D eigenvalue weighted by atomic mass is 10.0. The number of nitrogens with one attached hydrogen (secondary N) is 1. The lowest BCUT2D eigenvalue weighted by Gasteiger charge is -2.24. The summed E-state index contributed by atoms with van der Waals surface area (Å²) in [6, 6.07) is 10.0. The van der Waals surface area contributed by atoms with Crippen LogP contribution in [0.15, 0.2) is 30.3 Å². The summed E-state index contributed by atoms with van der Waals surface area (Å²) < 4.78 is 23.5. The average Bonchev–Trinajstić information content (AvgIpc) is 2.94. The minimum atomic E-state index is -2.95. The second-order valence-corrected chi connectivity index (χ2v) is 9.46. The van der Waals surface area contributed by atoms with Gasteiger partial charge in [0.2, 0.25) is 5.95 Å². The number of aromatic nitrogens is 2. The predicted octanol–water partition coefficient (Wildman–Crippen LogP) is 3.28. The van der Waals surface area contributed by atoms with Crippen molar-refractivity contribution in [2.45, 2.75) is 39.2 Å². The summed E-state index contributed by atoms with van der Waals surface area (Å²) in [7, 11) is -1.08. The van der Waals surface area contributed by atoms with Crippen molar-refractivity contribution in [2.24, 2.45) is 0 Å². The fraction of sp³-hybridized carbons (Fsp3) is 0.474. The molecule has 140 valence electrons. The molecule has 3 rings (SSSR count). The molecule has 0 aliphatic carbocycles. The molecule has 0 saturated carbocycles. The Labute approximate surface area is 155 Å². The molecule has 0 bridgehead atoms. The van der Waals surface area contributed by atoms with Crippen molar-refractivity contribution in [1.82, 2.24) is 9.97 Å². The van der Waals surface area contributed by atoms with Gasteiger partial charge in [-0.25, -0.2) is 13.4 Å². The Hall–Kier alpha value is -2.15. The largest absolute Gasteiger partial charge is 0.340 e. The highest BCUT2D eigenvalue weighted by molar-refractivity contribution is 7.91. The molecule has 2 aromatic rings. The monoisotopic (exact) mass is 374 g/mol. The molecular weight excluding hydrogens is 348 g/mol. The van der Waals surface area contributed by atoms with Gasteiger partial charge in [0.05, 0.1) is 11.5 Å². The third kappa shape index (κ3) is 4.15. The Balaban J connectivity index is 1.87. The first-order valence-electron chi connectivity index (χ1n) is 8.90. The predicted molar refractivity (Wildman–Crippen MR) is 106 cm³/mol. The number of para-hydroxylation sites is 1. The first kappa shape index (κ1) is 18.6. The summed E-state index contributed by atoms with van der Waals surface area (Å²) in [5.74, 6) is 2.07.